The van der Waals surface area contributed by atoms with Gasteiger partial charge in [-0.15, -0.1) is 6.42 Å². The summed E-state index contributed by atoms with van der Waals surface area (Å²) in [6.07, 6.45) is 7.48. The van der Waals surface area contributed by atoms with Crippen LogP contribution in [0.3, 0.4) is 0 Å². The largest absolute Gasteiger partial charge is 0.343 e. The van der Waals surface area contributed by atoms with Crippen LogP contribution in [0.15, 0.2) is 30.6 Å². The van der Waals surface area contributed by atoms with E-state index in [1.54, 1.807) is 12.1 Å². The third-order valence-corrected chi connectivity index (χ3v) is 2.74. The number of benzene rings is 1. The van der Waals surface area contributed by atoms with E-state index in [1.807, 2.05) is 11.9 Å². The van der Waals surface area contributed by atoms with Gasteiger partial charge in [0.05, 0.1) is 12.2 Å². The number of anilines is 3. The quantitative estimate of drug-likeness (QED) is 0.604. The predicted molar refractivity (Wildman–Crippen MR) is 84.8 cm³/mol. The molecule has 2 rings (SSSR count). The first-order chi connectivity index (χ1) is 10.7. The van der Waals surface area contributed by atoms with E-state index in [0.717, 1.165) is 12.1 Å². The molecule has 0 radical (unpaired) electrons. The fourth-order valence-corrected chi connectivity index (χ4v) is 1.78. The maximum absolute atomic E-state index is 13.0. The Morgan fingerprint density at radius 2 is 1.95 bits per heavy atom. The minimum Gasteiger partial charge on any atom is -0.343 e. The molecular formula is C15H17FN6. The lowest BCUT2D eigenvalue weighted by atomic mass is 10.3. The van der Waals surface area contributed by atoms with Gasteiger partial charge in [0.2, 0.25) is 11.9 Å². The van der Waals surface area contributed by atoms with Gasteiger partial charge < -0.3 is 5.32 Å². The lowest BCUT2D eigenvalue weighted by molar-refractivity contribution is 0.627. The standard InChI is InChI=1S/C15H17FN6/c1-3-9-17-14-18-11-19-15(20-14)21-22(10-4-2)13-7-5-12(16)6-8-13/h1,5-8,11H,4,9-10H2,2H3,(H2,17,18,19,20,21). The van der Waals surface area contributed by atoms with Crippen molar-refractivity contribution in [2.45, 2.75) is 13.3 Å². The third-order valence-electron chi connectivity index (χ3n) is 2.74. The van der Waals surface area contributed by atoms with E-state index in [-0.39, 0.29) is 5.82 Å². The second-order valence-electron chi connectivity index (χ2n) is 4.43. The Balaban J connectivity index is 2.14. The lowest BCUT2D eigenvalue weighted by Crippen LogP contribution is -2.31. The number of hydrogen-bond donors (Lipinski definition) is 2. The van der Waals surface area contributed by atoms with Crippen molar-refractivity contribution in [3.63, 3.8) is 0 Å². The van der Waals surface area contributed by atoms with Crippen LogP contribution in [0, 0.1) is 18.2 Å². The van der Waals surface area contributed by atoms with Gasteiger partial charge in [0.25, 0.3) is 0 Å². The molecule has 0 fully saturated rings. The highest BCUT2D eigenvalue weighted by Gasteiger charge is 2.08. The fourth-order valence-electron chi connectivity index (χ4n) is 1.78. The van der Waals surface area contributed by atoms with Gasteiger partial charge in [0.1, 0.15) is 12.1 Å². The molecule has 1 aromatic carbocycles. The first kappa shape index (κ1) is 15.5. The average molecular weight is 300 g/mol. The summed E-state index contributed by atoms with van der Waals surface area (Å²) in [7, 11) is 0. The Morgan fingerprint density at radius 3 is 2.64 bits per heavy atom. The zero-order valence-electron chi connectivity index (χ0n) is 12.3. The zero-order chi connectivity index (χ0) is 15.8. The van der Waals surface area contributed by atoms with Gasteiger partial charge in [-0.2, -0.15) is 9.97 Å². The van der Waals surface area contributed by atoms with Crippen LogP contribution in [0.25, 0.3) is 0 Å². The number of nitrogens with zero attached hydrogens (tertiary/aromatic N) is 4. The minimum absolute atomic E-state index is 0.277. The van der Waals surface area contributed by atoms with Gasteiger partial charge in [-0.25, -0.2) is 9.37 Å². The Hall–Kier alpha value is -2.88. The molecule has 0 amide bonds. The molecule has 0 bridgehead atoms. The minimum atomic E-state index is -0.277. The van der Waals surface area contributed by atoms with E-state index < -0.39 is 0 Å². The van der Waals surface area contributed by atoms with E-state index in [9.17, 15) is 4.39 Å². The number of nitrogens with one attached hydrogen (secondary N) is 2. The molecule has 2 N–H and O–H groups in total. The number of terminal acetylenes is 1. The number of hydrogen-bond acceptors (Lipinski definition) is 6. The smallest absolute Gasteiger partial charge is 0.246 e. The SMILES string of the molecule is C#CCNc1ncnc(NN(CCC)c2ccc(F)cc2)n1. The van der Waals surface area contributed by atoms with Crippen molar-refractivity contribution in [3.8, 4) is 12.3 Å². The second-order valence-corrected chi connectivity index (χ2v) is 4.43. The van der Waals surface area contributed by atoms with Crippen LogP contribution in [0.4, 0.5) is 22.0 Å². The molecule has 0 saturated carbocycles. The molecule has 7 heteroatoms. The highest BCUT2D eigenvalue weighted by atomic mass is 19.1. The Bertz CT molecular complexity index is 637. The molecule has 6 nitrogen and oxygen atoms in total. The van der Waals surface area contributed by atoms with Crippen molar-refractivity contribution in [3.05, 3.63) is 36.4 Å². The molecule has 0 spiro atoms. The average Bonchev–Trinajstić information content (AvgIpc) is 2.54. The number of hydrazine groups is 1. The summed E-state index contributed by atoms with van der Waals surface area (Å²) in [5.41, 5.74) is 3.91. The zero-order valence-corrected chi connectivity index (χ0v) is 12.3. The molecule has 2 aromatic rings. The first-order valence-electron chi connectivity index (χ1n) is 6.89. The molecule has 0 aliphatic rings. The summed E-state index contributed by atoms with van der Waals surface area (Å²) in [6, 6.07) is 6.20. The normalized spacial score (nSPS) is 9.86. The molecule has 0 unspecified atom stereocenters. The monoisotopic (exact) mass is 300 g/mol. The molecule has 0 atom stereocenters. The molecule has 114 valence electrons. The molecule has 0 aliphatic heterocycles. The van der Waals surface area contributed by atoms with Crippen molar-refractivity contribution in [1.82, 2.24) is 15.0 Å². The molecule has 1 aromatic heterocycles. The lowest BCUT2D eigenvalue weighted by Gasteiger charge is -2.24. The van der Waals surface area contributed by atoms with Gasteiger partial charge in [-0.05, 0) is 30.7 Å². The third kappa shape index (κ3) is 4.31. The van der Waals surface area contributed by atoms with Crippen LogP contribution in [0.1, 0.15) is 13.3 Å². The van der Waals surface area contributed by atoms with Crippen LogP contribution in [-0.4, -0.2) is 28.0 Å². The summed E-state index contributed by atoms with van der Waals surface area (Å²) in [5.74, 6) is 2.95. The van der Waals surface area contributed by atoms with Gasteiger partial charge in [0, 0.05) is 6.54 Å². The van der Waals surface area contributed by atoms with Crippen LogP contribution in [0.2, 0.25) is 0 Å². The van der Waals surface area contributed by atoms with E-state index >= 15 is 0 Å². The summed E-state index contributed by atoms with van der Waals surface area (Å²) in [5, 5.41) is 4.73. The summed E-state index contributed by atoms with van der Waals surface area (Å²) in [4.78, 5) is 12.3. The fraction of sp³-hybridized carbons (Fsp3) is 0.267. The first-order valence-corrected chi connectivity index (χ1v) is 6.89. The molecule has 22 heavy (non-hydrogen) atoms. The van der Waals surface area contributed by atoms with E-state index in [2.05, 4.69) is 31.6 Å². The van der Waals surface area contributed by atoms with Crippen molar-refractivity contribution in [2.24, 2.45) is 0 Å². The van der Waals surface area contributed by atoms with Crippen molar-refractivity contribution in [2.75, 3.05) is 28.8 Å². The number of halogens is 1. The maximum Gasteiger partial charge on any atom is 0.246 e. The van der Waals surface area contributed by atoms with Crippen LogP contribution in [-0.2, 0) is 0 Å². The van der Waals surface area contributed by atoms with Gasteiger partial charge >= 0.3 is 0 Å². The number of aromatic nitrogens is 3. The van der Waals surface area contributed by atoms with Crippen LogP contribution in [0.5, 0.6) is 0 Å². The highest BCUT2D eigenvalue weighted by molar-refractivity contribution is 5.51. The van der Waals surface area contributed by atoms with Crippen molar-refractivity contribution >= 4 is 17.6 Å². The Morgan fingerprint density at radius 1 is 1.23 bits per heavy atom. The molecular weight excluding hydrogens is 283 g/mol. The Kier molecular flexibility index (Phi) is 5.49. The van der Waals surface area contributed by atoms with Gasteiger partial charge in [0.15, 0.2) is 0 Å². The molecule has 1 heterocycles. The van der Waals surface area contributed by atoms with Crippen LogP contribution >= 0.6 is 0 Å². The molecule has 0 saturated heterocycles. The topological polar surface area (TPSA) is 66.0 Å². The number of rotatable bonds is 7. The van der Waals surface area contributed by atoms with Crippen molar-refractivity contribution in [1.29, 1.82) is 0 Å². The van der Waals surface area contributed by atoms with Gasteiger partial charge in [-0.1, -0.05) is 12.8 Å². The van der Waals surface area contributed by atoms with Crippen LogP contribution < -0.4 is 15.8 Å². The highest BCUT2D eigenvalue weighted by Crippen LogP contribution is 2.16. The molecule has 0 aliphatic carbocycles. The summed E-state index contributed by atoms with van der Waals surface area (Å²) in [6.45, 7) is 3.09. The second kappa shape index (κ2) is 7.78. The predicted octanol–water partition coefficient (Wildman–Crippen LogP) is 2.30. The van der Waals surface area contributed by atoms with E-state index in [0.29, 0.717) is 25.0 Å². The summed E-state index contributed by atoms with van der Waals surface area (Å²) >= 11 is 0. The van der Waals surface area contributed by atoms with Gasteiger partial charge in [-0.3, -0.25) is 10.4 Å². The Labute approximate surface area is 128 Å². The summed E-state index contributed by atoms with van der Waals surface area (Å²) < 4.78 is 13.0. The van der Waals surface area contributed by atoms with Crippen molar-refractivity contribution < 1.29 is 4.39 Å². The van der Waals surface area contributed by atoms with E-state index in [1.165, 1.54) is 18.5 Å². The maximum atomic E-state index is 13.0. The van der Waals surface area contributed by atoms with E-state index in [4.69, 9.17) is 6.42 Å².